The quantitative estimate of drug-likeness (QED) is 0.0420. The van der Waals surface area contributed by atoms with Gasteiger partial charge in [0.25, 0.3) is 0 Å². The van der Waals surface area contributed by atoms with Crippen LogP contribution in [0.4, 0.5) is 0 Å². The first-order valence-electron chi connectivity index (χ1n) is 26.3. The predicted octanol–water partition coefficient (Wildman–Crippen LogP) is 15.6. The van der Waals surface area contributed by atoms with E-state index in [9.17, 15) is 19.8 Å². The Morgan fingerprint density at radius 3 is 1.05 bits per heavy atom. The van der Waals surface area contributed by atoms with Crippen LogP contribution in [0, 0.1) is 0 Å². The second-order valence-electron chi connectivity index (χ2n) is 18.3. The van der Waals surface area contributed by atoms with E-state index >= 15 is 0 Å². The highest BCUT2D eigenvalue weighted by Gasteiger charge is 2.24. The zero-order valence-electron chi connectivity index (χ0n) is 39.5. The lowest BCUT2D eigenvalue weighted by atomic mass is 10.0. The van der Waals surface area contributed by atoms with Gasteiger partial charge in [-0.1, -0.05) is 258 Å². The molecule has 0 saturated carbocycles. The summed E-state index contributed by atoms with van der Waals surface area (Å²) in [5, 5.41) is 23.8. The van der Waals surface area contributed by atoms with Crippen LogP contribution in [0.5, 0.6) is 0 Å². The summed E-state index contributed by atoms with van der Waals surface area (Å²) in [6.45, 7) is 6.50. The van der Waals surface area contributed by atoms with Crippen LogP contribution in [-0.4, -0.2) is 46.9 Å². The van der Waals surface area contributed by atoms with Crippen molar-refractivity contribution in [1.29, 1.82) is 0 Å². The van der Waals surface area contributed by atoms with E-state index in [1.54, 1.807) is 0 Å². The molecule has 0 rings (SSSR count). The third kappa shape index (κ3) is 41.6. The molecule has 346 valence electrons. The first-order valence-corrected chi connectivity index (χ1v) is 26.3. The van der Waals surface area contributed by atoms with Crippen LogP contribution in [-0.2, 0) is 14.3 Å². The number of aliphatic hydroxyl groups is 2. The molecule has 0 aromatic rings. The molecule has 58 heavy (non-hydrogen) atoms. The number of unbranched alkanes of at least 4 members (excludes halogenated alkanes) is 36. The Labute approximate surface area is 362 Å². The Morgan fingerprint density at radius 2 is 0.724 bits per heavy atom. The molecule has 0 spiro atoms. The number of esters is 1. The highest BCUT2D eigenvalue weighted by molar-refractivity contribution is 5.77. The molecule has 3 unspecified atom stereocenters. The van der Waals surface area contributed by atoms with Gasteiger partial charge < -0.3 is 20.3 Å². The molecule has 0 aliphatic carbocycles. The fourth-order valence-corrected chi connectivity index (χ4v) is 8.43. The van der Waals surface area contributed by atoms with Crippen molar-refractivity contribution in [3.05, 3.63) is 0 Å². The second kappa shape index (κ2) is 46.9. The number of rotatable bonds is 48. The maximum absolute atomic E-state index is 13.2. The summed E-state index contributed by atoms with van der Waals surface area (Å²) in [6, 6.07) is -0.691. The molecule has 3 N–H and O–H groups in total. The van der Waals surface area contributed by atoms with Gasteiger partial charge in [-0.05, 0) is 25.7 Å². The number of hydrogen-bond donors (Lipinski definition) is 3. The number of amides is 1. The monoisotopic (exact) mass is 822 g/mol. The topological polar surface area (TPSA) is 95.9 Å². The van der Waals surface area contributed by atoms with E-state index in [2.05, 4.69) is 26.1 Å². The third-order valence-electron chi connectivity index (χ3n) is 12.4. The maximum Gasteiger partial charge on any atom is 0.306 e. The fourth-order valence-electron chi connectivity index (χ4n) is 8.43. The van der Waals surface area contributed by atoms with E-state index < -0.39 is 18.2 Å². The average molecular weight is 822 g/mol. The number of nitrogens with one attached hydrogen (secondary N) is 1. The van der Waals surface area contributed by atoms with Crippen molar-refractivity contribution >= 4 is 11.9 Å². The van der Waals surface area contributed by atoms with E-state index in [1.165, 1.54) is 205 Å². The summed E-state index contributed by atoms with van der Waals surface area (Å²) in [4.78, 5) is 26.1. The lowest BCUT2D eigenvalue weighted by Gasteiger charge is -2.24. The molecule has 1 amide bonds. The van der Waals surface area contributed by atoms with Gasteiger partial charge in [0.1, 0.15) is 6.10 Å². The SMILES string of the molecule is CCCCCCCCCCCCCCCCCCC(CC(=O)NC(CO)C(O)CCCCCCCCCCCCCCCC)OC(=O)CCCCCCCCCCC. The Bertz CT molecular complexity index is 837. The largest absolute Gasteiger partial charge is 0.462 e. The first kappa shape index (κ1) is 56.9. The van der Waals surface area contributed by atoms with Crippen LogP contribution < -0.4 is 5.32 Å². The van der Waals surface area contributed by atoms with Crippen LogP contribution >= 0.6 is 0 Å². The van der Waals surface area contributed by atoms with Crippen molar-refractivity contribution in [2.75, 3.05) is 6.61 Å². The minimum atomic E-state index is -0.778. The molecule has 0 aliphatic heterocycles. The van der Waals surface area contributed by atoms with Crippen LogP contribution in [0.25, 0.3) is 0 Å². The summed E-state index contributed by atoms with van der Waals surface area (Å²) < 4.78 is 5.93. The molecule has 0 aliphatic rings. The lowest BCUT2D eigenvalue weighted by molar-refractivity contribution is -0.151. The molecule has 0 aromatic heterocycles. The van der Waals surface area contributed by atoms with Crippen molar-refractivity contribution in [2.45, 2.75) is 315 Å². The van der Waals surface area contributed by atoms with E-state index in [0.29, 0.717) is 19.3 Å². The summed E-state index contributed by atoms with van der Waals surface area (Å²) in [5.74, 6) is -0.454. The van der Waals surface area contributed by atoms with Crippen molar-refractivity contribution in [1.82, 2.24) is 5.32 Å². The zero-order valence-corrected chi connectivity index (χ0v) is 39.5. The maximum atomic E-state index is 13.2. The Hall–Kier alpha value is -1.14. The number of aliphatic hydroxyl groups excluding tert-OH is 2. The highest BCUT2D eigenvalue weighted by atomic mass is 16.5. The molecule has 0 radical (unpaired) electrons. The van der Waals surface area contributed by atoms with Crippen molar-refractivity contribution in [3.8, 4) is 0 Å². The number of carbonyl (C=O) groups is 2. The molecule has 6 heteroatoms. The van der Waals surface area contributed by atoms with Crippen molar-refractivity contribution < 1.29 is 24.5 Å². The molecule has 6 nitrogen and oxygen atoms in total. The van der Waals surface area contributed by atoms with Gasteiger partial charge >= 0.3 is 5.97 Å². The minimum absolute atomic E-state index is 0.0876. The molecule has 0 aromatic carbocycles. The van der Waals surface area contributed by atoms with Gasteiger partial charge in [0.15, 0.2) is 0 Å². The van der Waals surface area contributed by atoms with Crippen molar-refractivity contribution in [3.63, 3.8) is 0 Å². The molecule has 0 heterocycles. The smallest absolute Gasteiger partial charge is 0.306 e. The van der Waals surface area contributed by atoms with E-state index in [1.807, 2.05) is 0 Å². The van der Waals surface area contributed by atoms with Crippen LogP contribution in [0.3, 0.4) is 0 Å². The number of carbonyl (C=O) groups excluding carboxylic acids is 2. The summed E-state index contributed by atoms with van der Waals surface area (Å²) in [7, 11) is 0. The normalized spacial score (nSPS) is 13.1. The molecular weight excluding hydrogens is 719 g/mol. The Balaban J connectivity index is 4.46. The molecule has 3 atom stereocenters. The molecule has 0 bridgehead atoms. The van der Waals surface area contributed by atoms with Crippen molar-refractivity contribution in [2.24, 2.45) is 0 Å². The Kier molecular flexibility index (Phi) is 46.0. The van der Waals surface area contributed by atoms with Gasteiger partial charge in [-0.2, -0.15) is 0 Å². The van der Waals surface area contributed by atoms with Gasteiger partial charge in [0.05, 0.1) is 25.2 Å². The minimum Gasteiger partial charge on any atom is -0.462 e. The standard InChI is InChI=1S/C52H103NO5/c1-4-7-10-13-16-19-21-23-25-26-27-29-32-34-37-40-43-48(58-52(57)45-42-39-36-31-18-15-12-9-6-3)46-51(56)53-49(47-54)50(55)44-41-38-35-33-30-28-24-22-20-17-14-11-8-5-2/h48-50,54-55H,4-47H2,1-3H3,(H,53,56). The molecule has 0 saturated heterocycles. The Morgan fingerprint density at radius 1 is 0.431 bits per heavy atom. The van der Waals surface area contributed by atoms with E-state index in [0.717, 1.165) is 44.9 Å². The van der Waals surface area contributed by atoms with Crippen LogP contribution in [0.1, 0.15) is 297 Å². The average Bonchev–Trinajstić information content (AvgIpc) is 3.22. The zero-order chi connectivity index (χ0) is 42.4. The lowest BCUT2D eigenvalue weighted by Crippen LogP contribution is -2.46. The number of hydrogen-bond acceptors (Lipinski definition) is 5. The number of ether oxygens (including phenoxy) is 1. The van der Waals surface area contributed by atoms with Crippen LogP contribution in [0.2, 0.25) is 0 Å². The van der Waals surface area contributed by atoms with Gasteiger partial charge in [0, 0.05) is 6.42 Å². The van der Waals surface area contributed by atoms with E-state index in [4.69, 9.17) is 4.74 Å². The second-order valence-corrected chi connectivity index (χ2v) is 18.3. The van der Waals surface area contributed by atoms with Gasteiger partial charge in [-0.25, -0.2) is 0 Å². The molecule has 0 fully saturated rings. The molecular formula is C52H103NO5. The van der Waals surface area contributed by atoms with Crippen LogP contribution in [0.15, 0.2) is 0 Å². The highest BCUT2D eigenvalue weighted by Crippen LogP contribution is 2.19. The summed E-state index contributed by atoms with van der Waals surface area (Å²) >= 11 is 0. The first-order chi connectivity index (χ1) is 28.5. The third-order valence-corrected chi connectivity index (χ3v) is 12.4. The summed E-state index contributed by atoms with van der Waals surface area (Å²) in [5.41, 5.74) is 0. The van der Waals surface area contributed by atoms with Gasteiger partial charge in [-0.3, -0.25) is 9.59 Å². The van der Waals surface area contributed by atoms with Gasteiger partial charge in [0.2, 0.25) is 5.91 Å². The van der Waals surface area contributed by atoms with Gasteiger partial charge in [-0.15, -0.1) is 0 Å². The fraction of sp³-hybridized carbons (Fsp3) is 0.962. The van der Waals surface area contributed by atoms with E-state index in [-0.39, 0.29) is 24.9 Å². The summed E-state index contributed by atoms with van der Waals surface area (Å²) in [6.07, 6.45) is 50.2. The predicted molar refractivity (Wildman–Crippen MR) is 250 cm³/mol.